The van der Waals surface area contributed by atoms with Gasteiger partial charge in [0.05, 0.1) is 12.6 Å². The van der Waals surface area contributed by atoms with E-state index in [1.165, 1.54) is 6.92 Å². The van der Waals surface area contributed by atoms with Crippen molar-refractivity contribution in [1.29, 1.82) is 0 Å². The molecule has 2 N–H and O–H groups in total. The van der Waals surface area contributed by atoms with E-state index in [0.29, 0.717) is 6.54 Å². The molecule has 1 saturated carbocycles. The lowest BCUT2D eigenvalue weighted by molar-refractivity contribution is -0.148. The Labute approximate surface area is 138 Å². The smallest absolute Gasteiger partial charge is 0.239 e. The number of amides is 3. The fraction of sp³-hybridized carbons (Fsp3) is 0.824. The summed E-state index contributed by atoms with van der Waals surface area (Å²) in [5.74, 6) is -0.0251. The van der Waals surface area contributed by atoms with Crippen molar-refractivity contribution < 1.29 is 14.4 Å². The molecule has 23 heavy (non-hydrogen) atoms. The van der Waals surface area contributed by atoms with Gasteiger partial charge >= 0.3 is 0 Å². The molecule has 6 nitrogen and oxygen atoms in total. The van der Waals surface area contributed by atoms with E-state index in [1.807, 2.05) is 0 Å². The molecule has 0 aromatic heterocycles. The molecule has 1 heterocycles. The summed E-state index contributed by atoms with van der Waals surface area (Å²) in [4.78, 5) is 37.6. The minimum atomic E-state index is -0.0780. The maximum absolute atomic E-state index is 12.9. The van der Waals surface area contributed by atoms with Gasteiger partial charge in [0.15, 0.2) is 0 Å². The molecule has 1 aliphatic heterocycles. The van der Waals surface area contributed by atoms with Crippen molar-refractivity contribution >= 4 is 17.7 Å². The van der Waals surface area contributed by atoms with Crippen molar-refractivity contribution in [3.05, 3.63) is 0 Å². The van der Waals surface area contributed by atoms with Crippen LogP contribution in [0.4, 0.5) is 0 Å². The van der Waals surface area contributed by atoms with Crippen LogP contribution in [0, 0.1) is 11.3 Å². The van der Waals surface area contributed by atoms with Crippen molar-refractivity contribution in [3.8, 4) is 0 Å². The number of piperazine rings is 1. The van der Waals surface area contributed by atoms with Crippen LogP contribution in [0.3, 0.4) is 0 Å². The zero-order valence-electron chi connectivity index (χ0n) is 14.6. The summed E-state index contributed by atoms with van der Waals surface area (Å²) in [6, 6.07) is 0.209. The summed E-state index contributed by atoms with van der Waals surface area (Å²) < 4.78 is 0. The highest BCUT2D eigenvalue weighted by Gasteiger charge is 2.40. The summed E-state index contributed by atoms with van der Waals surface area (Å²) >= 11 is 0. The molecule has 0 aromatic rings. The van der Waals surface area contributed by atoms with Crippen molar-refractivity contribution in [2.24, 2.45) is 11.3 Å². The lowest BCUT2D eigenvalue weighted by atomic mass is 9.81. The van der Waals surface area contributed by atoms with Gasteiger partial charge in [-0.2, -0.15) is 0 Å². The summed E-state index contributed by atoms with van der Waals surface area (Å²) in [6.07, 6.45) is 3.21. The minimum absolute atomic E-state index is 0.0136. The molecule has 0 aromatic carbocycles. The molecule has 0 spiro atoms. The summed E-state index contributed by atoms with van der Waals surface area (Å²) in [5.41, 5.74) is -0.0727. The van der Waals surface area contributed by atoms with Gasteiger partial charge in [-0.3, -0.25) is 14.4 Å². The van der Waals surface area contributed by atoms with Gasteiger partial charge in [-0.25, -0.2) is 0 Å². The molecule has 0 bridgehead atoms. The van der Waals surface area contributed by atoms with Gasteiger partial charge in [-0.05, 0) is 31.1 Å². The maximum Gasteiger partial charge on any atom is 0.239 e. The fourth-order valence-electron chi connectivity index (χ4n) is 3.65. The Bertz CT molecular complexity index is 476. The minimum Gasteiger partial charge on any atom is -0.354 e. The predicted molar refractivity (Wildman–Crippen MR) is 87.5 cm³/mol. The molecule has 3 amide bonds. The third-order valence-electron chi connectivity index (χ3n) is 4.95. The Morgan fingerprint density at radius 2 is 1.78 bits per heavy atom. The van der Waals surface area contributed by atoms with Gasteiger partial charge in [0.25, 0.3) is 0 Å². The van der Waals surface area contributed by atoms with Gasteiger partial charge in [0, 0.05) is 25.4 Å². The largest absolute Gasteiger partial charge is 0.354 e. The van der Waals surface area contributed by atoms with E-state index in [2.05, 4.69) is 31.4 Å². The monoisotopic (exact) mass is 323 g/mol. The first-order valence-corrected chi connectivity index (χ1v) is 8.52. The molecule has 1 saturated heterocycles. The Morgan fingerprint density at radius 1 is 1.17 bits per heavy atom. The molecular formula is C17H29N3O3. The lowest BCUT2D eigenvalue weighted by Crippen LogP contribution is -2.61. The number of carbonyl (C=O) groups is 3. The fourth-order valence-corrected chi connectivity index (χ4v) is 3.65. The molecule has 1 unspecified atom stereocenters. The second-order valence-corrected chi connectivity index (χ2v) is 7.90. The average Bonchev–Trinajstić information content (AvgIpc) is 2.45. The van der Waals surface area contributed by atoms with Crippen molar-refractivity contribution in [2.45, 2.75) is 65.5 Å². The average molecular weight is 323 g/mol. The van der Waals surface area contributed by atoms with Gasteiger partial charge in [0.2, 0.25) is 17.7 Å². The van der Waals surface area contributed by atoms with Gasteiger partial charge in [0.1, 0.15) is 0 Å². The zero-order valence-corrected chi connectivity index (χ0v) is 14.6. The third kappa shape index (κ3) is 4.45. The van der Waals surface area contributed by atoms with E-state index in [9.17, 15) is 14.4 Å². The zero-order chi connectivity index (χ0) is 17.2. The van der Waals surface area contributed by atoms with Crippen LogP contribution in [0.2, 0.25) is 0 Å². The van der Waals surface area contributed by atoms with E-state index in [4.69, 9.17) is 0 Å². The SMILES string of the molecule is CC(=O)NC1CCC(C(=O)N2CC(=O)NCC2C(C)(C)C)CC1. The molecular weight excluding hydrogens is 294 g/mol. The van der Waals surface area contributed by atoms with E-state index in [1.54, 1.807) is 4.90 Å². The van der Waals surface area contributed by atoms with Gasteiger partial charge in [-0.1, -0.05) is 20.8 Å². The maximum atomic E-state index is 12.9. The summed E-state index contributed by atoms with van der Waals surface area (Å²) in [5, 5.41) is 5.81. The second kappa shape index (κ2) is 6.89. The van der Waals surface area contributed by atoms with Crippen LogP contribution in [-0.2, 0) is 14.4 Å². The number of rotatable bonds is 2. The van der Waals surface area contributed by atoms with E-state index >= 15 is 0 Å². The quantitative estimate of drug-likeness (QED) is 0.797. The van der Waals surface area contributed by atoms with Crippen LogP contribution in [0.25, 0.3) is 0 Å². The summed E-state index contributed by atoms with van der Waals surface area (Å²) in [6.45, 7) is 8.51. The Kier molecular flexibility index (Phi) is 5.32. The molecule has 1 aliphatic carbocycles. The highest BCUT2D eigenvalue weighted by atomic mass is 16.2. The molecule has 1 atom stereocenters. The molecule has 2 fully saturated rings. The normalized spacial score (nSPS) is 29.0. The predicted octanol–water partition coefficient (Wildman–Crippen LogP) is 1.05. The van der Waals surface area contributed by atoms with Crippen LogP contribution in [0.5, 0.6) is 0 Å². The highest BCUT2D eigenvalue weighted by Crippen LogP contribution is 2.31. The number of nitrogens with one attached hydrogen (secondary N) is 2. The third-order valence-corrected chi connectivity index (χ3v) is 4.95. The Morgan fingerprint density at radius 3 is 2.30 bits per heavy atom. The number of carbonyl (C=O) groups excluding carboxylic acids is 3. The van der Waals surface area contributed by atoms with Crippen LogP contribution < -0.4 is 10.6 Å². The molecule has 130 valence electrons. The first-order chi connectivity index (χ1) is 10.7. The van der Waals surface area contributed by atoms with Crippen molar-refractivity contribution in [1.82, 2.24) is 15.5 Å². The van der Waals surface area contributed by atoms with Crippen LogP contribution >= 0.6 is 0 Å². The van der Waals surface area contributed by atoms with Crippen LogP contribution in [0.1, 0.15) is 53.4 Å². The highest BCUT2D eigenvalue weighted by molar-refractivity contribution is 5.87. The Hall–Kier alpha value is -1.59. The first kappa shape index (κ1) is 17.8. The van der Waals surface area contributed by atoms with E-state index in [-0.39, 0.29) is 47.7 Å². The van der Waals surface area contributed by atoms with E-state index in [0.717, 1.165) is 25.7 Å². The van der Waals surface area contributed by atoms with Gasteiger partial charge < -0.3 is 15.5 Å². The number of hydrogen-bond acceptors (Lipinski definition) is 3. The van der Waals surface area contributed by atoms with Crippen LogP contribution in [0.15, 0.2) is 0 Å². The molecule has 0 radical (unpaired) electrons. The standard InChI is InChI=1S/C17H29N3O3/c1-11(21)19-13-7-5-12(6-8-13)16(23)20-10-15(22)18-9-14(20)17(2,3)4/h12-14H,5-10H2,1-4H3,(H,18,22)(H,19,21). The molecule has 2 rings (SSSR count). The van der Waals surface area contributed by atoms with Gasteiger partial charge in [-0.15, -0.1) is 0 Å². The second-order valence-electron chi connectivity index (χ2n) is 7.90. The van der Waals surface area contributed by atoms with E-state index < -0.39 is 0 Å². The number of nitrogens with zero attached hydrogens (tertiary/aromatic N) is 1. The molecule has 6 heteroatoms. The first-order valence-electron chi connectivity index (χ1n) is 8.52. The van der Waals surface area contributed by atoms with Crippen LogP contribution in [-0.4, -0.2) is 47.8 Å². The topological polar surface area (TPSA) is 78.5 Å². The number of hydrogen-bond donors (Lipinski definition) is 2. The van der Waals surface area contributed by atoms with Crippen molar-refractivity contribution in [3.63, 3.8) is 0 Å². The summed E-state index contributed by atoms with van der Waals surface area (Å²) in [7, 11) is 0. The Balaban J connectivity index is 2.00. The lowest BCUT2D eigenvalue weighted by Gasteiger charge is -2.44. The van der Waals surface area contributed by atoms with Crippen molar-refractivity contribution in [2.75, 3.05) is 13.1 Å². The molecule has 2 aliphatic rings.